The molecule has 0 atom stereocenters. The molecule has 0 aliphatic carbocycles. The fourth-order valence-electron chi connectivity index (χ4n) is 0.206. The van der Waals surface area contributed by atoms with Crippen molar-refractivity contribution in [1.29, 1.82) is 0 Å². The first-order valence-electron chi connectivity index (χ1n) is 2.01. The molecule has 0 rings (SSSR count). The van der Waals surface area contributed by atoms with Gasteiger partial charge in [-0.15, -0.1) is 0 Å². The molecule has 0 aliphatic heterocycles. The van der Waals surface area contributed by atoms with Crippen LogP contribution < -0.4 is 0 Å². The molecule has 42 valence electrons. The zero-order chi connectivity index (χ0) is 5.70. The van der Waals surface area contributed by atoms with Gasteiger partial charge in [-0.05, 0) is 26.8 Å². The molecule has 0 aliphatic rings. The normalized spacial score (nSPS) is 8.86. The minimum Gasteiger partial charge on any atom is -0.287 e. The second kappa shape index (κ2) is 5.03. The summed E-state index contributed by atoms with van der Waals surface area (Å²) in [7, 11) is 0. The van der Waals surface area contributed by atoms with E-state index >= 15 is 0 Å². The number of alkyl halides is 1. The van der Waals surface area contributed by atoms with Crippen LogP contribution in [-0.2, 0) is 4.79 Å². The van der Waals surface area contributed by atoms with E-state index in [2.05, 4.69) is 38.5 Å². The van der Waals surface area contributed by atoms with Gasteiger partial charge < -0.3 is 0 Å². The van der Waals surface area contributed by atoms with Crippen LogP contribution in [-0.4, -0.2) is 9.12 Å². The highest BCUT2D eigenvalue weighted by molar-refractivity contribution is 14.1. The Bertz CT molecular complexity index is 64.7. The van der Waals surface area contributed by atoms with Crippen molar-refractivity contribution in [3.8, 4) is 0 Å². The second-order valence-corrected chi connectivity index (χ2v) is 3.11. The number of carbonyl (C=O) groups is 1. The van der Waals surface area contributed by atoms with Crippen molar-refractivity contribution in [2.24, 2.45) is 0 Å². The molecule has 0 heterocycles. The Kier molecular flexibility index (Phi) is 5.66. The van der Waals surface area contributed by atoms with Gasteiger partial charge in [-0.1, -0.05) is 22.6 Å². The van der Waals surface area contributed by atoms with Crippen LogP contribution in [0.4, 0.5) is 0 Å². The van der Waals surface area contributed by atoms with Crippen molar-refractivity contribution >= 4 is 43.2 Å². The van der Waals surface area contributed by atoms with Crippen LogP contribution in [0.3, 0.4) is 0 Å². The maximum Gasteiger partial charge on any atom is 0.197 e. The average Bonchev–Trinajstić information content (AvgIpc) is 1.61. The first-order chi connectivity index (χ1) is 3.27. The van der Waals surface area contributed by atoms with Crippen LogP contribution in [0.2, 0.25) is 0 Å². The standard InChI is InChI=1S/C4H6BrIO/c5-4(7)2-1-3-6/h1-3H2. The van der Waals surface area contributed by atoms with Crippen LogP contribution in [0.25, 0.3) is 0 Å². The lowest BCUT2D eigenvalue weighted by Gasteiger charge is -1.83. The number of hydrogen-bond acceptors (Lipinski definition) is 1. The van der Waals surface area contributed by atoms with Crippen LogP contribution >= 0.6 is 38.5 Å². The van der Waals surface area contributed by atoms with Gasteiger partial charge in [0.1, 0.15) is 0 Å². The number of carbonyl (C=O) groups excluding carboxylic acids is 1. The van der Waals surface area contributed by atoms with Crippen molar-refractivity contribution in [3.05, 3.63) is 0 Å². The van der Waals surface area contributed by atoms with Gasteiger partial charge in [0.25, 0.3) is 0 Å². The van der Waals surface area contributed by atoms with E-state index in [1.165, 1.54) is 0 Å². The largest absolute Gasteiger partial charge is 0.287 e. The molecule has 0 fully saturated rings. The number of halogens is 2. The van der Waals surface area contributed by atoms with E-state index in [9.17, 15) is 4.79 Å². The fourth-order valence-corrected chi connectivity index (χ4v) is 0.868. The fraction of sp³-hybridized carbons (Fsp3) is 0.750. The summed E-state index contributed by atoms with van der Waals surface area (Å²) < 4.78 is 1.18. The Morgan fingerprint density at radius 2 is 2.29 bits per heavy atom. The molecule has 0 saturated carbocycles. The van der Waals surface area contributed by atoms with E-state index in [1.807, 2.05) is 0 Å². The van der Waals surface area contributed by atoms with Crippen molar-refractivity contribution in [2.45, 2.75) is 12.8 Å². The van der Waals surface area contributed by atoms with Gasteiger partial charge in [0.2, 0.25) is 0 Å². The average molecular weight is 277 g/mol. The van der Waals surface area contributed by atoms with Crippen molar-refractivity contribution < 1.29 is 4.79 Å². The van der Waals surface area contributed by atoms with Crippen LogP contribution in [0.5, 0.6) is 0 Å². The highest BCUT2D eigenvalue weighted by atomic mass is 127. The first kappa shape index (κ1) is 7.88. The molecule has 7 heavy (non-hydrogen) atoms. The smallest absolute Gasteiger partial charge is 0.197 e. The predicted octanol–water partition coefficient (Wildman–Crippen LogP) is 2.12. The summed E-state index contributed by atoms with van der Waals surface area (Å²) in [4.78, 5) is 10.1. The monoisotopic (exact) mass is 276 g/mol. The third kappa shape index (κ3) is 6.88. The van der Waals surface area contributed by atoms with E-state index in [1.54, 1.807) is 0 Å². The van der Waals surface area contributed by atoms with E-state index in [0.29, 0.717) is 6.42 Å². The van der Waals surface area contributed by atoms with Crippen molar-refractivity contribution in [3.63, 3.8) is 0 Å². The van der Waals surface area contributed by atoms with Crippen LogP contribution in [0, 0.1) is 0 Å². The first-order valence-corrected chi connectivity index (χ1v) is 4.33. The molecule has 0 saturated heterocycles. The molecule has 0 spiro atoms. The zero-order valence-electron chi connectivity index (χ0n) is 3.79. The van der Waals surface area contributed by atoms with Crippen LogP contribution in [0.1, 0.15) is 12.8 Å². The van der Waals surface area contributed by atoms with Gasteiger partial charge in [0, 0.05) is 6.42 Å². The Labute approximate surface area is 65.1 Å². The Morgan fingerprint density at radius 3 is 2.43 bits per heavy atom. The van der Waals surface area contributed by atoms with E-state index in [0.717, 1.165) is 10.8 Å². The van der Waals surface area contributed by atoms with Crippen molar-refractivity contribution in [2.75, 3.05) is 4.43 Å². The summed E-state index contributed by atoms with van der Waals surface area (Å²) in [5, 5.41) is 0. The summed E-state index contributed by atoms with van der Waals surface area (Å²) in [6.07, 6.45) is 1.66. The highest BCUT2D eigenvalue weighted by Crippen LogP contribution is 1.98. The minimum atomic E-state index is 0.115. The lowest BCUT2D eigenvalue weighted by Crippen LogP contribution is -1.83. The molecule has 0 aromatic carbocycles. The highest BCUT2D eigenvalue weighted by Gasteiger charge is 1.90. The summed E-state index contributed by atoms with van der Waals surface area (Å²) in [6.45, 7) is 0. The molecule has 0 amide bonds. The van der Waals surface area contributed by atoms with Crippen molar-refractivity contribution in [1.82, 2.24) is 0 Å². The summed E-state index contributed by atoms with van der Waals surface area (Å²) >= 11 is 5.08. The summed E-state index contributed by atoms with van der Waals surface area (Å²) in [5.41, 5.74) is 0. The second-order valence-electron chi connectivity index (χ2n) is 1.15. The zero-order valence-corrected chi connectivity index (χ0v) is 7.53. The van der Waals surface area contributed by atoms with Gasteiger partial charge in [0.05, 0.1) is 0 Å². The van der Waals surface area contributed by atoms with Crippen LogP contribution in [0.15, 0.2) is 0 Å². The quantitative estimate of drug-likeness (QED) is 0.438. The number of rotatable bonds is 3. The van der Waals surface area contributed by atoms with Gasteiger partial charge in [-0.3, -0.25) is 4.79 Å². The topological polar surface area (TPSA) is 17.1 Å². The molecular formula is C4H6BrIO. The lowest BCUT2D eigenvalue weighted by atomic mass is 10.4. The van der Waals surface area contributed by atoms with Gasteiger partial charge in [0.15, 0.2) is 4.69 Å². The predicted molar refractivity (Wildman–Crippen MR) is 42.1 cm³/mol. The molecule has 0 aromatic heterocycles. The molecule has 0 aromatic rings. The van der Waals surface area contributed by atoms with E-state index in [4.69, 9.17) is 0 Å². The molecular weight excluding hydrogens is 271 g/mol. The molecule has 3 heteroatoms. The molecule has 0 bridgehead atoms. The van der Waals surface area contributed by atoms with E-state index < -0.39 is 0 Å². The Morgan fingerprint density at radius 1 is 1.71 bits per heavy atom. The molecule has 1 nitrogen and oxygen atoms in total. The maximum atomic E-state index is 10.1. The Hall–Kier alpha value is 0.880. The summed E-state index contributed by atoms with van der Waals surface area (Å²) in [6, 6.07) is 0. The molecule has 0 unspecified atom stereocenters. The minimum absolute atomic E-state index is 0.115. The SMILES string of the molecule is O=C(Br)CCCI. The number of hydrogen-bond donors (Lipinski definition) is 0. The third-order valence-corrected chi connectivity index (χ3v) is 1.67. The summed E-state index contributed by atoms with van der Waals surface area (Å²) in [5.74, 6) is 0. The third-order valence-electron chi connectivity index (χ3n) is 0.507. The molecule has 0 N–H and O–H groups in total. The molecule has 0 radical (unpaired) electrons. The van der Waals surface area contributed by atoms with E-state index in [-0.39, 0.29) is 4.69 Å². The van der Waals surface area contributed by atoms with Gasteiger partial charge in [-0.2, -0.15) is 0 Å². The Balaban J connectivity index is 2.82. The van der Waals surface area contributed by atoms with Gasteiger partial charge in [-0.25, -0.2) is 0 Å². The maximum absolute atomic E-state index is 10.1. The van der Waals surface area contributed by atoms with Gasteiger partial charge >= 0.3 is 0 Å². The lowest BCUT2D eigenvalue weighted by molar-refractivity contribution is -0.110.